The van der Waals surface area contributed by atoms with Crippen LogP contribution in [0, 0.1) is 0 Å². The molecule has 1 N–H and O–H groups in total. The topological polar surface area (TPSA) is 73.9 Å². The lowest BCUT2D eigenvalue weighted by Crippen LogP contribution is -2.09. The van der Waals surface area contributed by atoms with E-state index in [0.29, 0.717) is 28.5 Å². The molecular formula is C19H18BrNO5. The summed E-state index contributed by atoms with van der Waals surface area (Å²) in [5.74, 6) is 0.533. The Bertz CT molecular complexity index is 805. The van der Waals surface area contributed by atoms with E-state index in [1.54, 1.807) is 36.4 Å². The van der Waals surface area contributed by atoms with Gasteiger partial charge in [0.1, 0.15) is 0 Å². The third-order valence-electron chi connectivity index (χ3n) is 3.45. The van der Waals surface area contributed by atoms with Crippen molar-refractivity contribution in [2.45, 2.75) is 0 Å². The van der Waals surface area contributed by atoms with E-state index in [0.717, 1.165) is 4.47 Å². The number of carbonyl (C=O) groups excluding carboxylic acids is 2. The third kappa shape index (κ3) is 4.86. The van der Waals surface area contributed by atoms with Crippen molar-refractivity contribution < 1.29 is 23.8 Å². The molecule has 0 heterocycles. The van der Waals surface area contributed by atoms with Gasteiger partial charge in [-0.1, -0.05) is 15.9 Å². The van der Waals surface area contributed by atoms with Gasteiger partial charge in [0.25, 0.3) is 0 Å². The van der Waals surface area contributed by atoms with Gasteiger partial charge in [0.15, 0.2) is 17.3 Å². The van der Waals surface area contributed by atoms with Crippen molar-refractivity contribution in [3.8, 4) is 17.2 Å². The third-order valence-corrected chi connectivity index (χ3v) is 3.98. The van der Waals surface area contributed by atoms with Crippen LogP contribution in [-0.2, 0) is 4.79 Å². The molecule has 1 amide bonds. The number of nitrogens with one attached hydrogen (secondary N) is 1. The van der Waals surface area contributed by atoms with E-state index in [1.807, 2.05) is 0 Å². The lowest BCUT2D eigenvalue weighted by Gasteiger charge is -2.14. The highest BCUT2D eigenvalue weighted by atomic mass is 79.9. The van der Waals surface area contributed by atoms with Gasteiger partial charge in [0.05, 0.1) is 21.3 Å². The van der Waals surface area contributed by atoms with Crippen LogP contribution in [0.3, 0.4) is 0 Å². The van der Waals surface area contributed by atoms with Gasteiger partial charge < -0.3 is 19.5 Å². The van der Waals surface area contributed by atoms with E-state index >= 15 is 0 Å². The first-order valence-corrected chi connectivity index (χ1v) is 8.36. The van der Waals surface area contributed by atoms with E-state index in [-0.39, 0.29) is 5.78 Å². The first kappa shape index (κ1) is 19.5. The molecule has 0 bridgehead atoms. The van der Waals surface area contributed by atoms with Gasteiger partial charge in [-0.3, -0.25) is 9.59 Å². The molecule has 0 aliphatic carbocycles. The SMILES string of the molecule is COc1cc(NC(=O)/C=C/C(=O)c2ccc(Br)cc2)cc(OC)c1OC. The van der Waals surface area contributed by atoms with Crippen molar-refractivity contribution in [2.75, 3.05) is 26.6 Å². The van der Waals surface area contributed by atoms with E-state index in [1.165, 1.54) is 33.5 Å². The van der Waals surface area contributed by atoms with Gasteiger partial charge >= 0.3 is 0 Å². The quantitative estimate of drug-likeness (QED) is 0.544. The maximum atomic E-state index is 12.1. The molecule has 6 nitrogen and oxygen atoms in total. The molecule has 2 aromatic rings. The minimum absolute atomic E-state index is 0.266. The minimum Gasteiger partial charge on any atom is -0.493 e. The summed E-state index contributed by atoms with van der Waals surface area (Å²) >= 11 is 3.30. The Balaban J connectivity index is 2.12. The predicted molar refractivity (Wildman–Crippen MR) is 102 cm³/mol. The van der Waals surface area contributed by atoms with Crippen molar-refractivity contribution in [1.29, 1.82) is 0 Å². The van der Waals surface area contributed by atoms with E-state index in [9.17, 15) is 9.59 Å². The average molecular weight is 420 g/mol. The second-order valence-corrected chi connectivity index (χ2v) is 6.02. The summed E-state index contributed by atoms with van der Waals surface area (Å²) < 4.78 is 16.6. The number of hydrogen-bond donors (Lipinski definition) is 1. The summed E-state index contributed by atoms with van der Waals surface area (Å²) in [6.45, 7) is 0. The van der Waals surface area contributed by atoms with Crippen LogP contribution < -0.4 is 19.5 Å². The fraction of sp³-hybridized carbons (Fsp3) is 0.158. The summed E-state index contributed by atoms with van der Waals surface area (Å²) in [5.41, 5.74) is 0.940. The second kappa shape index (κ2) is 9.05. The van der Waals surface area contributed by atoms with Crippen LogP contribution in [0.2, 0.25) is 0 Å². The molecule has 0 aromatic heterocycles. The van der Waals surface area contributed by atoms with Gasteiger partial charge in [0.2, 0.25) is 11.7 Å². The molecule has 0 saturated heterocycles. The van der Waals surface area contributed by atoms with E-state index in [4.69, 9.17) is 14.2 Å². The number of ether oxygens (including phenoxy) is 3. The molecule has 2 aromatic carbocycles. The number of anilines is 1. The number of benzene rings is 2. The lowest BCUT2D eigenvalue weighted by molar-refractivity contribution is -0.111. The summed E-state index contributed by atoms with van der Waals surface area (Å²) in [7, 11) is 4.47. The predicted octanol–water partition coefficient (Wildman–Crippen LogP) is 3.85. The summed E-state index contributed by atoms with van der Waals surface area (Å²) in [5, 5.41) is 2.66. The minimum atomic E-state index is -0.454. The average Bonchev–Trinajstić information content (AvgIpc) is 2.65. The molecule has 0 spiro atoms. The molecular weight excluding hydrogens is 402 g/mol. The Hall–Kier alpha value is -2.80. The van der Waals surface area contributed by atoms with E-state index in [2.05, 4.69) is 21.2 Å². The van der Waals surface area contributed by atoms with Crippen LogP contribution in [0.25, 0.3) is 0 Å². The van der Waals surface area contributed by atoms with Crippen LogP contribution in [-0.4, -0.2) is 33.0 Å². The highest BCUT2D eigenvalue weighted by molar-refractivity contribution is 9.10. The second-order valence-electron chi connectivity index (χ2n) is 5.11. The van der Waals surface area contributed by atoms with Gasteiger partial charge in [-0.15, -0.1) is 0 Å². The van der Waals surface area contributed by atoms with Crippen LogP contribution in [0.1, 0.15) is 10.4 Å². The molecule has 26 heavy (non-hydrogen) atoms. The standard InChI is InChI=1S/C19H18BrNO5/c1-24-16-10-14(11-17(25-2)19(16)26-3)21-18(23)9-8-15(22)12-4-6-13(20)7-5-12/h4-11H,1-3H3,(H,21,23)/b9-8+. The number of hydrogen-bond acceptors (Lipinski definition) is 5. The zero-order chi connectivity index (χ0) is 19.1. The maximum Gasteiger partial charge on any atom is 0.248 e. The number of methoxy groups -OCH3 is 3. The van der Waals surface area contributed by atoms with Crippen molar-refractivity contribution in [2.24, 2.45) is 0 Å². The molecule has 136 valence electrons. The number of amides is 1. The lowest BCUT2D eigenvalue weighted by atomic mass is 10.1. The number of halogens is 1. The Morgan fingerprint density at radius 3 is 2.00 bits per heavy atom. The Morgan fingerprint density at radius 2 is 1.50 bits per heavy atom. The van der Waals surface area contributed by atoms with Gasteiger partial charge in [0, 0.05) is 33.9 Å². The summed E-state index contributed by atoms with van der Waals surface area (Å²) in [6.07, 6.45) is 2.39. The largest absolute Gasteiger partial charge is 0.493 e. The molecule has 0 fully saturated rings. The Morgan fingerprint density at radius 1 is 0.923 bits per heavy atom. The number of carbonyl (C=O) groups is 2. The van der Waals surface area contributed by atoms with Crippen LogP contribution >= 0.6 is 15.9 Å². The molecule has 0 aliphatic rings. The van der Waals surface area contributed by atoms with Gasteiger partial charge in [-0.05, 0) is 30.3 Å². The fourth-order valence-corrected chi connectivity index (χ4v) is 2.46. The molecule has 0 saturated carbocycles. The zero-order valence-electron chi connectivity index (χ0n) is 14.5. The summed E-state index contributed by atoms with van der Waals surface area (Å²) in [6, 6.07) is 10.1. The van der Waals surface area contributed by atoms with Crippen molar-refractivity contribution in [3.63, 3.8) is 0 Å². The number of ketones is 1. The summed E-state index contributed by atoms with van der Waals surface area (Å²) in [4.78, 5) is 24.1. The zero-order valence-corrected chi connectivity index (χ0v) is 16.1. The molecule has 0 radical (unpaired) electrons. The normalized spacial score (nSPS) is 10.5. The Labute approximate surface area is 159 Å². The first-order chi connectivity index (χ1) is 12.5. The molecule has 2 rings (SSSR count). The highest BCUT2D eigenvalue weighted by Crippen LogP contribution is 2.39. The number of rotatable bonds is 7. The molecule has 0 atom stereocenters. The highest BCUT2D eigenvalue weighted by Gasteiger charge is 2.14. The van der Waals surface area contributed by atoms with Crippen LogP contribution in [0.5, 0.6) is 17.2 Å². The van der Waals surface area contributed by atoms with Gasteiger partial charge in [-0.25, -0.2) is 0 Å². The van der Waals surface area contributed by atoms with E-state index < -0.39 is 5.91 Å². The number of allylic oxidation sites excluding steroid dienone is 1. The Kier molecular flexibility index (Phi) is 6.80. The molecule has 7 heteroatoms. The molecule has 0 unspecified atom stereocenters. The van der Waals surface area contributed by atoms with Crippen LogP contribution in [0.15, 0.2) is 53.0 Å². The maximum absolute atomic E-state index is 12.1. The fourth-order valence-electron chi connectivity index (χ4n) is 2.20. The molecule has 0 aliphatic heterocycles. The first-order valence-electron chi connectivity index (χ1n) is 7.57. The van der Waals surface area contributed by atoms with Crippen molar-refractivity contribution >= 4 is 33.3 Å². The van der Waals surface area contributed by atoms with Gasteiger partial charge in [-0.2, -0.15) is 0 Å². The van der Waals surface area contributed by atoms with Crippen LogP contribution in [0.4, 0.5) is 5.69 Å². The van der Waals surface area contributed by atoms with Crippen molar-refractivity contribution in [3.05, 3.63) is 58.6 Å². The monoisotopic (exact) mass is 419 g/mol. The smallest absolute Gasteiger partial charge is 0.248 e. The van der Waals surface area contributed by atoms with Crippen molar-refractivity contribution in [1.82, 2.24) is 0 Å².